The SMILES string of the molecule is CN(N)/C(=C(\N)Cl)c1cc(C(=O)NC(CN)Cc2cc(F)cc(F)c2)sc1Cl. The van der Waals surface area contributed by atoms with Crippen LogP contribution in [-0.2, 0) is 6.42 Å². The van der Waals surface area contributed by atoms with Gasteiger partial charge in [0, 0.05) is 31.3 Å². The zero-order valence-electron chi connectivity index (χ0n) is 14.8. The molecule has 11 heteroatoms. The van der Waals surface area contributed by atoms with E-state index in [9.17, 15) is 13.6 Å². The highest BCUT2D eigenvalue weighted by molar-refractivity contribution is 7.18. The summed E-state index contributed by atoms with van der Waals surface area (Å²) in [6, 6.07) is 4.12. The molecule has 28 heavy (non-hydrogen) atoms. The van der Waals surface area contributed by atoms with Crippen LogP contribution in [0.25, 0.3) is 5.70 Å². The Morgan fingerprint density at radius 3 is 2.39 bits per heavy atom. The van der Waals surface area contributed by atoms with Gasteiger partial charge in [-0.25, -0.2) is 14.6 Å². The van der Waals surface area contributed by atoms with E-state index in [-0.39, 0.29) is 33.0 Å². The first kappa shape index (κ1) is 22.4. The van der Waals surface area contributed by atoms with Gasteiger partial charge in [0.25, 0.3) is 5.91 Å². The van der Waals surface area contributed by atoms with Crippen molar-refractivity contribution in [2.75, 3.05) is 13.6 Å². The van der Waals surface area contributed by atoms with Crippen LogP contribution < -0.4 is 22.6 Å². The number of nitrogens with zero attached hydrogens (tertiary/aromatic N) is 1. The molecule has 1 aromatic heterocycles. The fourth-order valence-corrected chi connectivity index (χ4v) is 4.01. The second-order valence-electron chi connectivity index (χ2n) is 5.99. The highest BCUT2D eigenvalue weighted by Crippen LogP contribution is 2.34. The Balaban J connectivity index is 2.19. The van der Waals surface area contributed by atoms with Gasteiger partial charge in [-0.15, -0.1) is 11.3 Å². The molecule has 0 aliphatic heterocycles. The molecule has 0 aliphatic carbocycles. The molecule has 152 valence electrons. The van der Waals surface area contributed by atoms with Crippen molar-refractivity contribution >= 4 is 46.1 Å². The van der Waals surface area contributed by atoms with Gasteiger partial charge < -0.3 is 21.8 Å². The third-order valence-electron chi connectivity index (χ3n) is 3.77. The average Bonchev–Trinajstić information content (AvgIpc) is 2.94. The number of hydrazine groups is 1. The van der Waals surface area contributed by atoms with Gasteiger partial charge in [0.05, 0.1) is 10.6 Å². The maximum absolute atomic E-state index is 13.4. The van der Waals surface area contributed by atoms with Gasteiger partial charge in [-0.1, -0.05) is 23.2 Å². The number of halogens is 4. The summed E-state index contributed by atoms with van der Waals surface area (Å²) >= 11 is 13.1. The number of benzene rings is 1. The first-order chi connectivity index (χ1) is 13.1. The van der Waals surface area contributed by atoms with Gasteiger partial charge in [-0.2, -0.15) is 0 Å². The van der Waals surface area contributed by atoms with Gasteiger partial charge in [-0.05, 0) is 30.2 Å². The summed E-state index contributed by atoms with van der Waals surface area (Å²) in [6.07, 6.45) is 0.161. The lowest BCUT2D eigenvalue weighted by atomic mass is 10.1. The first-order valence-corrected chi connectivity index (χ1v) is 9.58. The molecule has 0 fully saturated rings. The van der Waals surface area contributed by atoms with Crippen LogP contribution in [0.2, 0.25) is 4.34 Å². The Bertz CT molecular complexity index is 879. The lowest BCUT2D eigenvalue weighted by molar-refractivity contribution is 0.0942. The van der Waals surface area contributed by atoms with Crippen LogP contribution in [-0.4, -0.2) is 30.6 Å². The number of hydrogen-bond acceptors (Lipinski definition) is 6. The molecule has 1 unspecified atom stereocenters. The molecule has 0 aliphatic rings. The van der Waals surface area contributed by atoms with Crippen molar-refractivity contribution < 1.29 is 13.6 Å². The number of thiophene rings is 1. The fraction of sp³-hybridized carbons (Fsp3) is 0.235. The van der Waals surface area contributed by atoms with Crippen LogP contribution in [0.4, 0.5) is 8.78 Å². The smallest absolute Gasteiger partial charge is 0.261 e. The Labute approximate surface area is 174 Å². The van der Waals surface area contributed by atoms with Crippen LogP contribution in [0.15, 0.2) is 29.4 Å². The van der Waals surface area contributed by atoms with E-state index in [0.29, 0.717) is 11.1 Å². The molecule has 2 rings (SSSR count). The fourth-order valence-electron chi connectivity index (χ4n) is 2.59. The van der Waals surface area contributed by atoms with E-state index in [1.807, 2.05) is 0 Å². The summed E-state index contributed by atoms with van der Waals surface area (Å²) in [5.41, 5.74) is 12.4. The minimum Gasteiger partial charge on any atom is -0.388 e. The Kier molecular flexibility index (Phi) is 7.62. The quantitative estimate of drug-likeness (QED) is 0.295. The molecule has 0 spiro atoms. The highest BCUT2D eigenvalue weighted by atomic mass is 35.5. The largest absolute Gasteiger partial charge is 0.388 e. The second-order valence-corrected chi connectivity index (χ2v) is 8.05. The molecule has 0 radical (unpaired) electrons. The van der Waals surface area contributed by atoms with E-state index >= 15 is 0 Å². The second kappa shape index (κ2) is 9.53. The molecular weight excluding hydrogens is 431 g/mol. The molecule has 0 saturated heterocycles. The van der Waals surface area contributed by atoms with Crippen molar-refractivity contribution in [1.82, 2.24) is 10.3 Å². The van der Waals surface area contributed by atoms with Gasteiger partial charge in [0.15, 0.2) is 0 Å². The number of rotatable bonds is 7. The summed E-state index contributed by atoms with van der Waals surface area (Å²) in [6.45, 7) is 0.0706. The number of nitrogens with one attached hydrogen (secondary N) is 1. The molecule has 0 saturated carbocycles. The van der Waals surface area contributed by atoms with E-state index in [4.69, 9.17) is 40.5 Å². The number of carbonyl (C=O) groups excluding carboxylic acids is 1. The van der Waals surface area contributed by atoms with Crippen molar-refractivity contribution in [3.63, 3.8) is 0 Å². The lowest BCUT2D eigenvalue weighted by Gasteiger charge is -2.17. The van der Waals surface area contributed by atoms with Crippen molar-refractivity contribution in [2.24, 2.45) is 17.3 Å². The molecule has 1 aromatic carbocycles. The topological polar surface area (TPSA) is 110 Å². The van der Waals surface area contributed by atoms with Gasteiger partial charge in [0.2, 0.25) is 0 Å². The van der Waals surface area contributed by atoms with E-state index in [2.05, 4.69) is 5.32 Å². The Hall–Kier alpha value is -1.91. The summed E-state index contributed by atoms with van der Waals surface area (Å²) < 4.78 is 27.0. The third kappa shape index (κ3) is 5.55. The number of carbonyl (C=O) groups is 1. The number of hydrogen-bond donors (Lipinski definition) is 4. The van der Waals surface area contributed by atoms with E-state index in [0.717, 1.165) is 17.4 Å². The Morgan fingerprint density at radius 1 is 1.29 bits per heavy atom. The summed E-state index contributed by atoms with van der Waals surface area (Å²) in [5.74, 6) is 3.87. The maximum atomic E-state index is 13.4. The molecule has 1 amide bonds. The van der Waals surface area contributed by atoms with E-state index in [1.54, 1.807) is 0 Å². The summed E-state index contributed by atoms with van der Waals surface area (Å²) in [5, 5.41) is 3.84. The minimum absolute atomic E-state index is 0.0706. The van der Waals surface area contributed by atoms with Gasteiger partial charge in [0.1, 0.15) is 21.1 Å². The minimum atomic E-state index is -0.698. The van der Waals surface area contributed by atoms with Gasteiger partial charge >= 0.3 is 0 Å². The molecule has 1 heterocycles. The molecule has 0 bridgehead atoms. The van der Waals surface area contributed by atoms with Crippen LogP contribution in [0, 0.1) is 11.6 Å². The monoisotopic (exact) mass is 449 g/mol. The van der Waals surface area contributed by atoms with Crippen molar-refractivity contribution in [3.05, 3.63) is 61.4 Å². The number of amides is 1. The normalized spacial score (nSPS) is 13.1. The summed E-state index contributed by atoms with van der Waals surface area (Å²) in [4.78, 5) is 12.9. The molecule has 1 atom stereocenters. The third-order valence-corrected chi connectivity index (χ3v) is 5.31. The van der Waals surface area contributed by atoms with E-state index < -0.39 is 23.6 Å². The number of nitrogens with two attached hydrogens (primary N) is 3. The van der Waals surface area contributed by atoms with Crippen molar-refractivity contribution in [1.29, 1.82) is 0 Å². The molecule has 2 aromatic rings. The predicted molar refractivity (Wildman–Crippen MR) is 109 cm³/mol. The predicted octanol–water partition coefficient (Wildman–Crippen LogP) is 2.61. The summed E-state index contributed by atoms with van der Waals surface area (Å²) in [7, 11) is 1.53. The molecular formula is C17H19Cl2F2N5OS. The van der Waals surface area contributed by atoms with Crippen molar-refractivity contribution in [3.8, 4) is 0 Å². The van der Waals surface area contributed by atoms with Gasteiger partial charge in [-0.3, -0.25) is 4.79 Å². The van der Waals surface area contributed by atoms with Crippen LogP contribution in [0.5, 0.6) is 0 Å². The van der Waals surface area contributed by atoms with Crippen molar-refractivity contribution in [2.45, 2.75) is 12.5 Å². The average molecular weight is 450 g/mol. The Morgan fingerprint density at radius 2 is 1.89 bits per heavy atom. The molecule has 7 N–H and O–H groups in total. The molecule has 6 nitrogen and oxygen atoms in total. The van der Waals surface area contributed by atoms with Crippen LogP contribution in [0.3, 0.4) is 0 Å². The zero-order valence-corrected chi connectivity index (χ0v) is 17.1. The lowest BCUT2D eigenvalue weighted by Crippen LogP contribution is -2.41. The maximum Gasteiger partial charge on any atom is 0.261 e. The zero-order chi connectivity index (χ0) is 21.0. The first-order valence-electron chi connectivity index (χ1n) is 8.01. The van der Waals surface area contributed by atoms with Crippen LogP contribution in [0.1, 0.15) is 20.8 Å². The highest BCUT2D eigenvalue weighted by Gasteiger charge is 2.21. The van der Waals surface area contributed by atoms with E-state index in [1.165, 1.54) is 30.3 Å². The standard InChI is InChI=1S/C17H19Cl2F2N5OS/c1-26(24)14(15(18)23)12-6-13(28-16(12)19)17(27)25-11(7-22)4-8-2-9(20)5-10(21)3-8/h2-3,5-6,11H,4,7,22-24H2,1H3,(H,25,27)/b15-14-. The van der Waals surface area contributed by atoms with Crippen LogP contribution >= 0.6 is 34.5 Å².